The van der Waals surface area contributed by atoms with Crippen LogP contribution in [0.3, 0.4) is 0 Å². The van der Waals surface area contributed by atoms with Gasteiger partial charge in [0.05, 0.1) is 16.9 Å². The Kier molecular flexibility index (Phi) is 5.35. The first-order chi connectivity index (χ1) is 16.0. The van der Waals surface area contributed by atoms with Crippen LogP contribution in [0.1, 0.15) is 28.8 Å². The van der Waals surface area contributed by atoms with E-state index < -0.39 is 6.17 Å². The highest BCUT2D eigenvalue weighted by atomic mass is 16.5. The van der Waals surface area contributed by atoms with E-state index in [1.54, 1.807) is 0 Å². The molecule has 0 spiro atoms. The Morgan fingerprint density at radius 2 is 1.82 bits per heavy atom. The van der Waals surface area contributed by atoms with E-state index >= 15 is 0 Å². The topological polar surface area (TPSA) is 117 Å². The number of amidine groups is 2. The van der Waals surface area contributed by atoms with Gasteiger partial charge in [0, 0.05) is 11.8 Å². The minimum atomic E-state index is -0.453. The number of ether oxygens (including phenoxy) is 1. The van der Waals surface area contributed by atoms with Crippen molar-refractivity contribution in [3.8, 4) is 11.6 Å². The molecule has 0 radical (unpaired) electrons. The van der Waals surface area contributed by atoms with Crippen LogP contribution in [0.2, 0.25) is 0 Å². The van der Waals surface area contributed by atoms with Crippen LogP contribution < -0.4 is 16.2 Å². The lowest BCUT2D eigenvalue weighted by atomic mass is 10.1. The van der Waals surface area contributed by atoms with Crippen molar-refractivity contribution in [2.24, 2.45) is 21.5 Å². The van der Waals surface area contributed by atoms with E-state index in [0.29, 0.717) is 41.8 Å². The van der Waals surface area contributed by atoms with Crippen molar-refractivity contribution >= 4 is 22.7 Å². The Balaban J connectivity index is 1.66. The maximum absolute atomic E-state index is 6.25. The van der Waals surface area contributed by atoms with Gasteiger partial charge in [0.1, 0.15) is 18.6 Å². The van der Waals surface area contributed by atoms with Crippen LogP contribution in [-0.2, 0) is 6.61 Å². The lowest BCUT2D eigenvalue weighted by Gasteiger charge is -2.17. The summed E-state index contributed by atoms with van der Waals surface area (Å²) in [6, 6.07) is 19.9. The fourth-order valence-electron chi connectivity index (χ4n) is 3.86. The van der Waals surface area contributed by atoms with Gasteiger partial charge in [-0.05, 0) is 43.2 Å². The molecule has 1 aliphatic rings. The SMILES string of the molecule is Cc1ccccc1COc1nc2c(cc1C1=NC(N)CC(N)=N1)c(C)nn2-c1ccccc1. The molecule has 33 heavy (non-hydrogen) atoms. The number of rotatable bonds is 5. The summed E-state index contributed by atoms with van der Waals surface area (Å²) >= 11 is 0. The third-order valence-corrected chi connectivity index (χ3v) is 5.63. The van der Waals surface area contributed by atoms with E-state index in [1.165, 1.54) is 0 Å². The summed E-state index contributed by atoms with van der Waals surface area (Å²) in [6.07, 6.45) is -0.0330. The highest BCUT2D eigenvalue weighted by molar-refractivity contribution is 6.10. The molecular formula is C25H25N7O. The highest BCUT2D eigenvalue weighted by Gasteiger charge is 2.22. The number of aliphatic imine (C=N–C) groups is 2. The molecule has 3 heterocycles. The zero-order valence-electron chi connectivity index (χ0n) is 18.6. The number of nitrogens with zero attached hydrogens (tertiary/aromatic N) is 5. The van der Waals surface area contributed by atoms with Crippen molar-refractivity contribution in [3.63, 3.8) is 0 Å². The number of pyridine rings is 1. The molecule has 0 saturated carbocycles. The second-order valence-corrected chi connectivity index (χ2v) is 8.09. The second-order valence-electron chi connectivity index (χ2n) is 8.09. The van der Waals surface area contributed by atoms with Gasteiger partial charge in [0.25, 0.3) is 0 Å². The van der Waals surface area contributed by atoms with Crippen molar-refractivity contribution < 1.29 is 4.74 Å². The summed E-state index contributed by atoms with van der Waals surface area (Å²) in [7, 11) is 0. The van der Waals surface area contributed by atoms with Crippen molar-refractivity contribution in [1.29, 1.82) is 0 Å². The molecule has 0 saturated heterocycles. The van der Waals surface area contributed by atoms with E-state index in [0.717, 1.165) is 27.9 Å². The molecule has 1 unspecified atom stereocenters. The molecule has 8 heteroatoms. The second kappa shape index (κ2) is 8.48. The van der Waals surface area contributed by atoms with Crippen LogP contribution in [0.15, 0.2) is 70.6 Å². The summed E-state index contributed by atoms with van der Waals surface area (Å²) < 4.78 is 8.07. The van der Waals surface area contributed by atoms with Crippen LogP contribution in [0, 0.1) is 13.8 Å². The van der Waals surface area contributed by atoms with Gasteiger partial charge >= 0.3 is 0 Å². The summed E-state index contributed by atoms with van der Waals surface area (Å²) in [5.74, 6) is 1.27. The Labute approximate surface area is 191 Å². The minimum Gasteiger partial charge on any atom is -0.472 e. The molecule has 0 aliphatic carbocycles. The number of fused-ring (bicyclic) bond motifs is 1. The number of hydrogen-bond donors (Lipinski definition) is 2. The molecular weight excluding hydrogens is 414 g/mol. The molecule has 8 nitrogen and oxygen atoms in total. The predicted molar refractivity (Wildman–Crippen MR) is 130 cm³/mol. The number of aryl methyl sites for hydroxylation is 2. The van der Waals surface area contributed by atoms with Crippen LogP contribution in [0.4, 0.5) is 0 Å². The molecule has 1 aliphatic heterocycles. The number of nitrogens with two attached hydrogens (primary N) is 2. The zero-order valence-corrected chi connectivity index (χ0v) is 18.6. The summed E-state index contributed by atoms with van der Waals surface area (Å²) in [4.78, 5) is 13.9. The smallest absolute Gasteiger partial charge is 0.227 e. The fraction of sp³-hybridized carbons (Fsp3) is 0.200. The maximum atomic E-state index is 6.25. The first-order valence-electron chi connectivity index (χ1n) is 10.8. The maximum Gasteiger partial charge on any atom is 0.227 e. The Morgan fingerprint density at radius 3 is 2.58 bits per heavy atom. The third kappa shape index (κ3) is 4.08. The third-order valence-electron chi connectivity index (χ3n) is 5.63. The quantitative estimate of drug-likeness (QED) is 0.494. The van der Waals surface area contributed by atoms with Crippen molar-refractivity contribution in [3.05, 3.63) is 83.0 Å². The average molecular weight is 440 g/mol. The number of hydrogen-bond acceptors (Lipinski definition) is 7. The Hall–Kier alpha value is -4.04. The van der Waals surface area contributed by atoms with Gasteiger partial charge in [0.2, 0.25) is 5.88 Å². The van der Waals surface area contributed by atoms with Crippen molar-refractivity contribution in [1.82, 2.24) is 14.8 Å². The molecule has 1 atom stereocenters. The van der Waals surface area contributed by atoms with Crippen molar-refractivity contribution in [2.75, 3.05) is 0 Å². The standard InChI is InChI=1S/C25H25N7O/c1-15-8-6-7-9-17(15)14-33-25-20(23-28-21(26)13-22(27)29-23)12-19-16(2)31-32(24(19)30-25)18-10-4-3-5-11-18/h3-12,21H,13-14,26H2,1-2H3,(H2,27,28,29). The van der Waals surface area contributed by atoms with Gasteiger partial charge in [-0.3, -0.25) is 0 Å². The molecule has 4 aromatic rings. The van der Waals surface area contributed by atoms with Gasteiger partial charge in [0.15, 0.2) is 11.5 Å². The normalized spacial score (nSPS) is 15.9. The molecule has 4 N–H and O–H groups in total. The molecule has 2 aromatic heterocycles. The van der Waals surface area contributed by atoms with Gasteiger partial charge in [-0.15, -0.1) is 0 Å². The van der Waals surface area contributed by atoms with Crippen LogP contribution in [0.5, 0.6) is 5.88 Å². The molecule has 0 amide bonds. The van der Waals surface area contributed by atoms with E-state index in [1.807, 2.05) is 66.2 Å². The van der Waals surface area contributed by atoms with E-state index in [9.17, 15) is 0 Å². The van der Waals surface area contributed by atoms with Crippen LogP contribution >= 0.6 is 0 Å². The van der Waals surface area contributed by atoms with Crippen LogP contribution in [-0.4, -0.2) is 32.6 Å². The number of aromatic nitrogens is 3. The Bertz CT molecular complexity index is 1390. The molecule has 166 valence electrons. The number of benzene rings is 2. The summed E-state index contributed by atoms with van der Waals surface area (Å²) in [5.41, 5.74) is 17.4. The summed E-state index contributed by atoms with van der Waals surface area (Å²) in [6.45, 7) is 4.36. The minimum absolute atomic E-state index is 0.356. The molecule has 5 rings (SSSR count). The Morgan fingerprint density at radius 1 is 1.06 bits per heavy atom. The first-order valence-corrected chi connectivity index (χ1v) is 10.8. The van der Waals surface area contributed by atoms with Gasteiger partial charge < -0.3 is 16.2 Å². The van der Waals surface area contributed by atoms with Gasteiger partial charge in [-0.25, -0.2) is 14.7 Å². The summed E-state index contributed by atoms with van der Waals surface area (Å²) in [5, 5.41) is 5.61. The lowest BCUT2D eigenvalue weighted by molar-refractivity contribution is 0.293. The average Bonchev–Trinajstić information content (AvgIpc) is 3.13. The lowest BCUT2D eigenvalue weighted by Crippen LogP contribution is -2.31. The monoisotopic (exact) mass is 439 g/mol. The van der Waals surface area contributed by atoms with Crippen molar-refractivity contribution in [2.45, 2.75) is 33.0 Å². The molecule has 0 fully saturated rings. The molecule has 2 aromatic carbocycles. The van der Waals surface area contributed by atoms with E-state index in [-0.39, 0.29) is 0 Å². The van der Waals surface area contributed by atoms with Gasteiger partial charge in [-0.2, -0.15) is 10.1 Å². The first kappa shape index (κ1) is 20.8. The molecule has 0 bridgehead atoms. The van der Waals surface area contributed by atoms with E-state index in [2.05, 4.69) is 23.0 Å². The zero-order chi connectivity index (χ0) is 22.9. The van der Waals surface area contributed by atoms with Gasteiger partial charge in [-0.1, -0.05) is 42.5 Å². The van der Waals surface area contributed by atoms with E-state index in [4.69, 9.17) is 26.3 Å². The highest BCUT2D eigenvalue weighted by Crippen LogP contribution is 2.29. The number of para-hydroxylation sites is 1. The predicted octanol–water partition coefficient (Wildman–Crippen LogP) is 3.41. The fourth-order valence-corrected chi connectivity index (χ4v) is 3.86. The van der Waals surface area contributed by atoms with Crippen LogP contribution in [0.25, 0.3) is 16.7 Å². The largest absolute Gasteiger partial charge is 0.472 e.